The first-order valence-electron chi connectivity index (χ1n) is 5.42. The van der Waals surface area contributed by atoms with Gasteiger partial charge in [-0.2, -0.15) is 0 Å². The van der Waals surface area contributed by atoms with Gasteiger partial charge in [-0.1, -0.05) is 0 Å². The number of nitrogens with zero attached hydrogens (tertiary/aromatic N) is 1. The van der Waals surface area contributed by atoms with Crippen LogP contribution in [0.4, 0.5) is 0 Å². The molecule has 1 atom stereocenters. The van der Waals surface area contributed by atoms with Crippen LogP contribution in [-0.4, -0.2) is 29.6 Å². The molecule has 0 aromatic rings. The first kappa shape index (κ1) is 11.0. The number of likely N-dealkylation sites (tertiary alicyclic amines) is 1. The Labute approximate surface area is 82.5 Å². The van der Waals surface area contributed by atoms with Gasteiger partial charge in [0.1, 0.15) is 0 Å². The Kier molecular flexibility index (Phi) is 3.36. The van der Waals surface area contributed by atoms with E-state index in [1.807, 2.05) is 0 Å². The minimum absolute atomic E-state index is 0.336. The molecule has 0 unspecified atom stereocenters. The summed E-state index contributed by atoms with van der Waals surface area (Å²) in [7, 11) is 0. The molecule has 0 radical (unpaired) electrons. The van der Waals surface area contributed by atoms with Gasteiger partial charge in [0.25, 0.3) is 0 Å². The lowest BCUT2D eigenvalue weighted by Gasteiger charge is -2.41. The van der Waals surface area contributed by atoms with Crippen molar-refractivity contribution in [1.82, 2.24) is 4.90 Å². The van der Waals surface area contributed by atoms with Gasteiger partial charge in [-0.05, 0) is 59.5 Å². The smallest absolute Gasteiger partial charge is 0.0125 e. The van der Waals surface area contributed by atoms with Gasteiger partial charge in [-0.25, -0.2) is 0 Å². The third kappa shape index (κ3) is 2.96. The lowest BCUT2D eigenvalue weighted by Crippen LogP contribution is -2.48. The molecular weight excluding hydrogens is 160 g/mol. The van der Waals surface area contributed by atoms with Crippen LogP contribution in [0.15, 0.2) is 0 Å². The Morgan fingerprint density at radius 3 is 2.00 bits per heavy atom. The van der Waals surface area contributed by atoms with E-state index in [4.69, 9.17) is 5.73 Å². The van der Waals surface area contributed by atoms with Crippen LogP contribution in [0.5, 0.6) is 0 Å². The molecule has 0 bridgehead atoms. The van der Waals surface area contributed by atoms with Crippen molar-refractivity contribution in [2.45, 2.75) is 52.1 Å². The maximum Gasteiger partial charge on any atom is 0.0125 e. The lowest BCUT2D eigenvalue weighted by atomic mass is 9.89. The van der Waals surface area contributed by atoms with E-state index >= 15 is 0 Å². The van der Waals surface area contributed by atoms with Gasteiger partial charge in [0.05, 0.1) is 0 Å². The van der Waals surface area contributed by atoms with Gasteiger partial charge < -0.3 is 5.73 Å². The predicted octanol–water partition coefficient (Wildman–Crippen LogP) is 1.84. The van der Waals surface area contributed by atoms with Crippen LogP contribution in [0.1, 0.15) is 40.5 Å². The maximum absolute atomic E-state index is 5.90. The first-order chi connectivity index (χ1) is 5.91. The topological polar surface area (TPSA) is 29.3 Å². The third-order valence-corrected chi connectivity index (χ3v) is 3.23. The summed E-state index contributed by atoms with van der Waals surface area (Å²) in [6.07, 6.45) is 2.55. The van der Waals surface area contributed by atoms with Crippen LogP contribution in [0.3, 0.4) is 0 Å². The highest BCUT2D eigenvalue weighted by Crippen LogP contribution is 2.24. The molecule has 0 aromatic carbocycles. The van der Waals surface area contributed by atoms with Crippen LogP contribution in [0, 0.1) is 5.92 Å². The molecule has 2 N–H and O–H groups in total. The molecule has 0 saturated carbocycles. The van der Waals surface area contributed by atoms with E-state index in [1.165, 1.54) is 25.9 Å². The van der Waals surface area contributed by atoms with Crippen molar-refractivity contribution in [3.63, 3.8) is 0 Å². The Morgan fingerprint density at radius 2 is 1.69 bits per heavy atom. The molecule has 0 aromatic heterocycles. The van der Waals surface area contributed by atoms with Gasteiger partial charge in [0.2, 0.25) is 0 Å². The van der Waals surface area contributed by atoms with Crippen molar-refractivity contribution >= 4 is 0 Å². The normalized spacial score (nSPS) is 24.7. The fourth-order valence-corrected chi connectivity index (χ4v) is 2.10. The van der Waals surface area contributed by atoms with Crippen LogP contribution in [0.25, 0.3) is 0 Å². The standard InChI is InChI=1S/C11H24N2/c1-9(12)10-5-7-13(8-6-10)11(2,3)4/h9-10H,5-8,12H2,1-4H3/t9-/m1/s1. The van der Waals surface area contributed by atoms with Crippen molar-refractivity contribution in [3.8, 4) is 0 Å². The second kappa shape index (κ2) is 3.97. The van der Waals surface area contributed by atoms with Crippen LogP contribution in [-0.2, 0) is 0 Å². The second-order valence-electron chi connectivity index (χ2n) is 5.35. The maximum atomic E-state index is 5.90. The molecule has 0 amide bonds. The van der Waals surface area contributed by atoms with Crippen molar-refractivity contribution in [3.05, 3.63) is 0 Å². The molecule has 1 rings (SSSR count). The summed E-state index contributed by atoms with van der Waals surface area (Å²) in [6.45, 7) is 11.4. The zero-order valence-corrected chi connectivity index (χ0v) is 9.51. The predicted molar refractivity (Wildman–Crippen MR) is 57.7 cm³/mol. The molecule has 0 spiro atoms. The van der Waals surface area contributed by atoms with Gasteiger partial charge in [0.15, 0.2) is 0 Å². The van der Waals surface area contributed by atoms with Crippen LogP contribution >= 0.6 is 0 Å². The van der Waals surface area contributed by atoms with E-state index in [-0.39, 0.29) is 0 Å². The second-order valence-corrected chi connectivity index (χ2v) is 5.35. The number of hydrogen-bond donors (Lipinski definition) is 1. The molecule has 1 fully saturated rings. The summed E-state index contributed by atoms with van der Waals surface area (Å²) in [6, 6.07) is 0.377. The number of piperidine rings is 1. The van der Waals surface area contributed by atoms with Crippen molar-refractivity contribution in [2.24, 2.45) is 11.7 Å². The Balaban J connectivity index is 2.39. The Hall–Kier alpha value is -0.0800. The van der Waals surface area contributed by atoms with E-state index < -0.39 is 0 Å². The SMILES string of the molecule is C[C@@H](N)C1CCN(C(C)(C)C)CC1. The number of rotatable bonds is 1. The molecule has 1 aliphatic heterocycles. The zero-order valence-electron chi connectivity index (χ0n) is 9.51. The number of nitrogens with two attached hydrogens (primary N) is 1. The minimum Gasteiger partial charge on any atom is -0.328 e. The van der Waals surface area contributed by atoms with E-state index in [0.717, 1.165) is 5.92 Å². The summed E-state index contributed by atoms with van der Waals surface area (Å²) < 4.78 is 0. The minimum atomic E-state index is 0.336. The molecule has 1 heterocycles. The molecule has 1 aliphatic rings. The average Bonchev–Trinajstić information content (AvgIpc) is 2.03. The highest BCUT2D eigenvalue weighted by atomic mass is 15.2. The molecule has 13 heavy (non-hydrogen) atoms. The summed E-state index contributed by atoms with van der Waals surface area (Å²) in [5.41, 5.74) is 6.24. The summed E-state index contributed by atoms with van der Waals surface area (Å²) in [4.78, 5) is 2.56. The van der Waals surface area contributed by atoms with E-state index in [0.29, 0.717) is 11.6 Å². The van der Waals surface area contributed by atoms with Crippen LogP contribution in [0.2, 0.25) is 0 Å². The molecule has 2 nitrogen and oxygen atoms in total. The van der Waals surface area contributed by atoms with Crippen molar-refractivity contribution in [2.75, 3.05) is 13.1 Å². The monoisotopic (exact) mass is 184 g/mol. The fraction of sp³-hybridized carbons (Fsp3) is 1.00. The highest BCUT2D eigenvalue weighted by Gasteiger charge is 2.27. The van der Waals surface area contributed by atoms with E-state index in [2.05, 4.69) is 32.6 Å². The molecular formula is C11H24N2. The number of hydrogen-bond acceptors (Lipinski definition) is 2. The average molecular weight is 184 g/mol. The van der Waals surface area contributed by atoms with E-state index in [9.17, 15) is 0 Å². The summed E-state index contributed by atoms with van der Waals surface area (Å²) in [5.74, 6) is 0.749. The largest absolute Gasteiger partial charge is 0.328 e. The van der Waals surface area contributed by atoms with Gasteiger partial charge in [0, 0.05) is 11.6 Å². The van der Waals surface area contributed by atoms with Crippen molar-refractivity contribution in [1.29, 1.82) is 0 Å². The highest BCUT2D eigenvalue weighted by molar-refractivity contribution is 4.83. The summed E-state index contributed by atoms with van der Waals surface area (Å²) >= 11 is 0. The fourth-order valence-electron chi connectivity index (χ4n) is 2.10. The van der Waals surface area contributed by atoms with Gasteiger partial charge in [-0.3, -0.25) is 4.90 Å². The quantitative estimate of drug-likeness (QED) is 0.674. The molecule has 0 aliphatic carbocycles. The van der Waals surface area contributed by atoms with Crippen LogP contribution < -0.4 is 5.73 Å². The molecule has 78 valence electrons. The van der Waals surface area contributed by atoms with Gasteiger partial charge in [-0.15, -0.1) is 0 Å². The molecule has 2 heteroatoms. The zero-order chi connectivity index (χ0) is 10.1. The third-order valence-electron chi connectivity index (χ3n) is 3.23. The molecule has 1 saturated heterocycles. The van der Waals surface area contributed by atoms with E-state index in [1.54, 1.807) is 0 Å². The lowest BCUT2D eigenvalue weighted by molar-refractivity contribution is 0.0823. The Bertz CT molecular complexity index is 150. The summed E-state index contributed by atoms with van der Waals surface area (Å²) in [5, 5.41) is 0. The van der Waals surface area contributed by atoms with Crippen molar-refractivity contribution < 1.29 is 0 Å². The van der Waals surface area contributed by atoms with Gasteiger partial charge >= 0.3 is 0 Å². The Morgan fingerprint density at radius 1 is 1.23 bits per heavy atom. The first-order valence-corrected chi connectivity index (χ1v) is 5.42.